The molecule has 1 N–H and O–H groups in total. The minimum absolute atomic E-state index is 0.110. The quantitative estimate of drug-likeness (QED) is 0.320. The van der Waals surface area contributed by atoms with E-state index in [1.165, 1.54) is 20.3 Å². The molecule has 9 heteroatoms. The van der Waals surface area contributed by atoms with Gasteiger partial charge in [0.1, 0.15) is 5.58 Å². The van der Waals surface area contributed by atoms with Crippen LogP contribution in [0.25, 0.3) is 22.3 Å². The van der Waals surface area contributed by atoms with E-state index in [1.807, 2.05) is 6.92 Å². The Morgan fingerprint density at radius 2 is 1.74 bits per heavy atom. The molecule has 0 aliphatic carbocycles. The summed E-state index contributed by atoms with van der Waals surface area (Å²) in [5.41, 5.74) is 1.74. The summed E-state index contributed by atoms with van der Waals surface area (Å²) in [5, 5.41) is 3.68. The highest BCUT2D eigenvalue weighted by Crippen LogP contribution is 2.37. The number of methoxy groups -OCH3 is 2. The predicted molar refractivity (Wildman–Crippen MR) is 136 cm³/mol. The van der Waals surface area contributed by atoms with Gasteiger partial charge in [-0.2, -0.15) is 0 Å². The van der Waals surface area contributed by atoms with Crippen molar-refractivity contribution in [3.63, 3.8) is 0 Å². The molecule has 0 fully saturated rings. The van der Waals surface area contributed by atoms with Crippen molar-refractivity contribution >= 4 is 45.8 Å². The van der Waals surface area contributed by atoms with Crippen LogP contribution in [0, 0.1) is 6.92 Å². The van der Waals surface area contributed by atoms with Crippen LogP contribution in [0.15, 0.2) is 63.8 Å². The van der Waals surface area contributed by atoms with E-state index in [1.54, 1.807) is 48.5 Å². The van der Waals surface area contributed by atoms with Gasteiger partial charge in [-0.15, -0.1) is 0 Å². The molecule has 0 saturated carbocycles. The highest BCUT2D eigenvalue weighted by molar-refractivity contribution is 6.35. The van der Waals surface area contributed by atoms with Crippen molar-refractivity contribution in [2.75, 3.05) is 26.1 Å². The SMILES string of the molecule is COc1ccc(-c2oc3cc(C)ccc3c(=O)c2OCC(=O)Nc2cc(Cl)ccc2Cl)cc1OC. The number of amides is 1. The number of ether oxygens (including phenoxy) is 3. The number of hydrogen-bond acceptors (Lipinski definition) is 6. The molecule has 3 aromatic carbocycles. The first-order chi connectivity index (χ1) is 16.8. The van der Waals surface area contributed by atoms with Crippen LogP contribution < -0.4 is 25.0 Å². The first-order valence-electron chi connectivity index (χ1n) is 10.5. The maximum Gasteiger partial charge on any atom is 0.262 e. The van der Waals surface area contributed by atoms with Crippen LogP contribution in [-0.4, -0.2) is 26.7 Å². The van der Waals surface area contributed by atoms with Crippen LogP contribution in [0.5, 0.6) is 17.2 Å². The maximum absolute atomic E-state index is 13.4. The Morgan fingerprint density at radius 1 is 0.971 bits per heavy atom. The molecule has 7 nitrogen and oxygen atoms in total. The van der Waals surface area contributed by atoms with Gasteiger partial charge in [0.2, 0.25) is 11.2 Å². The molecule has 0 bridgehead atoms. The lowest BCUT2D eigenvalue weighted by Crippen LogP contribution is -2.22. The van der Waals surface area contributed by atoms with Crippen molar-refractivity contribution in [2.45, 2.75) is 6.92 Å². The zero-order valence-electron chi connectivity index (χ0n) is 19.1. The molecule has 1 amide bonds. The minimum atomic E-state index is -0.532. The van der Waals surface area contributed by atoms with Crippen molar-refractivity contribution in [3.05, 3.63) is 80.4 Å². The summed E-state index contributed by atoms with van der Waals surface area (Å²) in [7, 11) is 3.03. The zero-order valence-corrected chi connectivity index (χ0v) is 20.6. The lowest BCUT2D eigenvalue weighted by molar-refractivity contribution is -0.118. The molecule has 180 valence electrons. The summed E-state index contributed by atoms with van der Waals surface area (Å²) in [6, 6.07) is 15.0. The first kappa shape index (κ1) is 24.4. The Bertz CT molecular complexity index is 1480. The van der Waals surface area contributed by atoms with E-state index in [0.29, 0.717) is 43.8 Å². The Kier molecular flexibility index (Phi) is 7.19. The fraction of sp³-hybridized carbons (Fsp3) is 0.154. The number of halogens is 2. The fourth-order valence-corrected chi connectivity index (χ4v) is 3.84. The van der Waals surface area contributed by atoms with Crippen LogP contribution >= 0.6 is 23.2 Å². The van der Waals surface area contributed by atoms with E-state index < -0.39 is 17.9 Å². The molecule has 0 unspecified atom stereocenters. The number of anilines is 1. The number of aryl methyl sites for hydroxylation is 1. The molecule has 0 radical (unpaired) electrons. The molecule has 0 atom stereocenters. The number of hydrogen-bond donors (Lipinski definition) is 1. The second kappa shape index (κ2) is 10.3. The summed E-state index contributed by atoms with van der Waals surface area (Å²) in [4.78, 5) is 26.0. The summed E-state index contributed by atoms with van der Waals surface area (Å²) in [6.07, 6.45) is 0. The van der Waals surface area contributed by atoms with E-state index >= 15 is 0 Å². The smallest absolute Gasteiger partial charge is 0.262 e. The number of fused-ring (bicyclic) bond motifs is 1. The molecular weight excluding hydrogens is 493 g/mol. The van der Waals surface area contributed by atoms with Crippen LogP contribution in [-0.2, 0) is 4.79 Å². The van der Waals surface area contributed by atoms with Gasteiger partial charge in [0.05, 0.1) is 30.3 Å². The third kappa shape index (κ3) is 5.21. The van der Waals surface area contributed by atoms with Crippen LogP contribution in [0.3, 0.4) is 0 Å². The van der Waals surface area contributed by atoms with Crippen molar-refractivity contribution < 1.29 is 23.4 Å². The minimum Gasteiger partial charge on any atom is -0.493 e. The second-order valence-electron chi connectivity index (χ2n) is 7.62. The monoisotopic (exact) mass is 513 g/mol. The van der Waals surface area contributed by atoms with Gasteiger partial charge in [-0.05, 0) is 61.0 Å². The topological polar surface area (TPSA) is 87.0 Å². The molecule has 1 heterocycles. The molecule has 4 rings (SSSR count). The van der Waals surface area contributed by atoms with Gasteiger partial charge in [0, 0.05) is 10.6 Å². The molecule has 4 aromatic rings. The molecule has 0 spiro atoms. The lowest BCUT2D eigenvalue weighted by atomic mass is 10.1. The Labute approximate surface area is 211 Å². The van der Waals surface area contributed by atoms with E-state index in [0.717, 1.165) is 5.56 Å². The van der Waals surface area contributed by atoms with Crippen molar-refractivity contribution in [1.29, 1.82) is 0 Å². The molecule has 0 aliphatic rings. The van der Waals surface area contributed by atoms with Crippen molar-refractivity contribution in [3.8, 4) is 28.6 Å². The van der Waals surface area contributed by atoms with Gasteiger partial charge in [-0.25, -0.2) is 0 Å². The molecular formula is C26H21Cl2NO6. The zero-order chi connectivity index (χ0) is 25.1. The largest absolute Gasteiger partial charge is 0.493 e. The molecule has 0 saturated heterocycles. The summed E-state index contributed by atoms with van der Waals surface area (Å²) >= 11 is 12.1. The number of rotatable bonds is 7. The summed E-state index contributed by atoms with van der Waals surface area (Å²) < 4.78 is 22.5. The Morgan fingerprint density at radius 3 is 2.49 bits per heavy atom. The standard InChI is InChI=1S/C26H21Cl2NO6/c1-14-4-7-17-21(10-14)35-25(15-5-9-20(32-2)22(11-15)33-3)26(24(17)31)34-13-23(30)29-19-12-16(27)6-8-18(19)28/h4-12H,13H2,1-3H3,(H,29,30). The van der Waals surface area contributed by atoms with Gasteiger partial charge >= 0.3 is 0 Å². The Balaban J connectivity index is 1.74. The van der Waals surface area contributed by atoms with Gasteiger partial charge in [0.15, 0.2) is 23.9 Å². The highest BCUT2D eigenvalue weighted by Gasteiger charge is 2.21. The summed E-state index contributed by atoms with van der Waals surface area (Å²) in [6.45, 7) is 1.43. The van der Waals surface area contributed by atoms with Crippen molar-refractivity contribution in [2.24, 2.45) is 0 Å². The van der Waals surface area contributed by atoms with Gasteiger partial charge < -0.3 is 23.9 Å². The van der Waals surface area contributed by atoms with E-state index in [-0.39, 0.29) is 11.5 Å². The number of carbonyl (C=O) groups excluding carboxylic acids is 1. The maximum atomic E-state index is 13.4. The third-order valence-electron chi connectivity index (χ3n) is 5.20. The van der Waals surface area contributed by atoms with Crippen LogP contribution in [0.1, 0.15) is 5.56 Å². The number of carbonyl (C=O) groups is 1. The average Bonchev–Trinajstić information content (AvgIpc) is 2.84. The highest BCUT2D eigenvalue weighted by atomic mass is 35.5. The number of benzene rings is 3. The van der Waals surface area contributed by atoms with E-state index in [2.05, 4.69) is 5.32 Å². The molecule has 35 heavy (non-hydrogen) atoms. The van der Waals surface area contributed by atoms with Gasteiger partial charge in [-0.3, -0.25) is 9.59 Å². The van der Waals surface area contributed by atoms with Crippen molar-refractivity contribution in [1.82, 2.24) is 0 Å². The third-order valence-corrected chi connectivity index (χ3v) is 5.77. The lowest BCUT2D eigenvalue weighted by Gasteiger charge is -2.14. The van der Waals surface area contributed by atoms with E-state index in [9.17, 15) is 9.59 Å². The normalized spacial score (nSPS) is 10.8. The number of nitrogens with one attached hydrogen (secondary N) is 1. The van der Waals surface area contributed by atoms with Crippen LogP contribution in [0.2, 0.25) is 10.0 Å². The Hall–Kier alpha value is -3.68. The predicted octanol–water partition coefficient (Wildman–Crippen LogP) is 6.11. The van der Waals surface area contributed by atoms with Gasteiger partial charge in [-0.1, -0.05) is 29.3 Å². The second-order valence-corrected chi connectivity index (χ2v) is 8.46. The van der Waals surface area contributed by atoms with E-state index in [4.69, 9.17) is 41.8 Å². The molecule has 0 aliphatic heterocycles. The molecule has 1 aromatic heterocycles. The first-order valence-corrected chi connectivity index (χ1v) is 11.2. The van der Waals surface area contributed by atoms with Crippen LogP contribution in [0.4, 0.5) is 5.69 Å². The summed E-state index contributed by atoms with van der Waals surface area (Å²) in [5.74, 6) is 0.464. The average molecular weight is 514 g/mol. The van der Waals surface area contributed by atoms with Gasteiger partial charge in [0.25, 0.3) is 5.91 Å². The fourth-order valence-electron chi connectivity index (χ4n) is 3.50.